The second kappa shape index (κ2) is 8.51. The lowest BCUT2D eigenvalue weighted by Crippen LogP contribution is -2.30. The van der Waals surface area contributed by atoms with E-state index in [-0.39, 0.29) is 25.3 Å². The van der Waals surface area contributed by atoms with Crippen LogP contribution in [0.4, 0.5) is 20.3 Å². The van der Waals surface area contributed by atoms with E-state index in [1.54, 1.807) is 30.5 Å². The van der Waals surface area contributed by atoms with Crippen LogP contribution >= 0.6 is 0 Å². The molecular weight excluding hydrogens is 408 g/mol. The van der Waals surface area contributed by atoms with Gasteiger partial charge >= 0.3 is 0 Å². The van der Waals surface area contributed by atoms with Crippen molar-refractivity contribution in [2.75, 3.05) is 29.6 Å². The van der Waals surface area contributed by atoms with Gasteiger partial charge in [-0.2, -0.15) is 0 Å². The SMILES string of the molecule is C[S+]([O-])c1cccc(NC(=O)c2cc3c(nc2N2CCCC(F)(F)CC2)CCC3)c1. The van der Waals surface area contributed by atoms with Crippen LogP contribution in [-0.4, -0.2) is 40.7 Å². The van der Waals surface area contributed by atoms with Crippen molar-refractivity contribution in [1.29, 1.82) is 0 Å². The fourth-order valence-corrected chi connectivity index (χ4v) is 4.66. The Balaban J connectivity index is 1.65. The number of halogens is 2. The molecule has 1 saturated heterocycles. The fraction of sp³-hybridized carbons (Fsp3) is 0.455. The minimum atomic E-state index is -2.68. The van der Waals surface area contributed by atoms with Crippen molar-refractivity contribution in [3.63, 3.8) is 0 Å². The lowest BCUT2D eigenvalue weighted by atomic mass is 10.1. The number of anilines is 2. The summed E-state index contributed by atoms with van der Waals surface area (Å²) in [6, 6.07) is 8.77. The van der Waals surface area contributed by atoms with Crippen molar-refractivity contribution < 1.29 is 18.1 Å². The number of carbonyl (C=O) groups is 1. The summed E-state index contributed by atoms with van der Waals surface area (Å²) >= 11 is -1.16. The number of pyridine rings is 1. The van der Waals surface area contributed by atoms with Crippen LogP contribution in [0.15, 0.2) is 35.2 Å². The highest BCUT2D eigenvalue weighted by Crippen LogP contribution is 2.33. The van der Waals surface area contributed by atoms with E-state index in [0.717, 1.165) is 30.5 Å². The molecule has 1 unspecified atom stereocenters. The Morgan fingerprint density at radius 3 is 2.83 bits per heavy atom. The number of aryl methyl sites for hydroxylation is 2. The van der Waals surface area contributed by atoms with Gasteiger partial charge in [-0.05, 0) is 60.6 Å². The lowest BCUT2D eigenvalue weighted by Gasteiger charge is -2.25. The molecule has 1 N–H and O–H groups in total. The number of nitrogens with zero attached hydrogens (tertiary/aromatic N) is 2. The maximum Gasteiger partial charge on any atom is 0.259 e. The zero-order chi connectivity index (χ0) is 21.3. The number of carbonyl (C=O) groups excluding carboxylic acids is 1. The molecule has 1 aromatic heterocycles. The minimum absolute atomic E-state index is 0.142. The van der Waals surface area contributed by atoms with E-state index in [1.165, 1.54) is 0 Å². The fourth-order valence-electron chi connectivity index (χ4n) is 4.10. The predicted octanol–water partition coefficient (Wildman–Crippen LogP) is 4.19. The third-order valence-corrected chi connectivity index (χ3v) is 6.63. The van der Waals surface area contributed by atoms with Gasteiger partial charge in [0, 0.05) is 43.4 Å². The van der Waals surface area contributed by atoms with Crippen LogP contribution in [-0.2, 0) is 24.0 Å². The van der Waals surface area contributed by atoms with Crippen molar-refractivity contribution in [2.24, 2.45) is 0 Å². The van der Waals surface area contributed by atoms with Gasteiger partial charge in [0.05, 0.1) is 5.56 Å². The molecule has 0 bridgehead atoms. The Labute approximate surface area is 178 Å². The number of hydrogen-bond acceptors (Lipinski definition) is 4. The number of nitrogens with one attached hydrogen (secondary N) is 1. The van der Waals surface area contributed by atoms with Gasteiger partial charge in [-0.25, -0.2) is 13.8 Å². The number of fused-ring (bicyclic) bond motifs is 1. The molecule has 1 amide bonds. The van der Waals surface area contributed by atoms with E-state index in [0.29, 0.717) is 34.9 Å². The maximum absolute atomic E-state index is 13.9. The molecule has 0 saturated carbocycles. The Bertz CT molecular complexity index is 952. The van der Waals surface area contributed by atoms with E-state index in [1.807, 2.05) is 11.0 Å². The molecule has 5 nitrogen and oxygen atoms in total. The summed E-state index contributed by atoms with van der Waals surface area (Å²) in [6.07, 6.45) is 4.25. The van der Waals surface area contributed by atoms with Gasteiger partial charge in [0.1, 0.15) is 12.1 Å². The normalized spacial score (nSPS) is 19.1. The molecule has 1 aliphatic heterocycles. The summed E-state index contributed by atoms with van der Waals surface area (Å²) in [4.78, 5) is 20.4. The van der Waals surface area contributed by atoms with E-state index in [4.69, 9.17) is 4.98 Å². The zero-order valence-electron chi connectivity index (χ0n) is 16.9. The first kappa shape index (κ1) is 21.1. The topological polar surface area (TPSA) is 68.3 Å². The largest absolute Gasteiger partial charge is 0.612 e. The number of benzene rings is 1. The quantitative estimate of drug-likeness (QED) is 0.735. The number of aromatic nitrogens is 1. The second-order valence-corrected chi connectivity index (χ2v) is 9.33. The van der Waals surface area contributed by atoms with Gasteiger partial charge in [0.15, 0.2) is 4.90 Å². The zero-order valence-corrected chi connectivity index (χ0v) is 17.7. The number of amides is 1. The smallest absolute Gasteiger partial charge is 0.259 e. The third-order valence-electron chi connectivity index (χ3n) is 5.72. The van der Waals surface area contributed by atoms with Crippen molar-refractivity contribution in [1.82, 2.24) is 4.98 Å². The summed E-state index contributed by atoms with van der Waals surface area (Å²) < 4.78 is 39.5. The maximum atomic E-state index is 13.9. The standard InChI is InChI=1S/C22H25F2N3O2S/c1-30(29)17-7-3-6-16(14-17)25-21(28)18-13-15-5-2-8-19(15)26-20(18)27-11-4-9-22(23,24)10-12-27/h3,6-7,13-14H,2,4-5,8-12H2,1H3,(H,25,28). The first-order valence-electron chi connectivity index (χ1n) is 10.2. The molecular formula is C22H25F2N3O2S. The van der Waals surface area contributed by atoms with Crippen LogP contribution in [0, 0.1) is 0 Å². The molecule has 30 heavy (non-hydrogen) atoms. The molecule has 2 heterocycles. The highest BCUT2D eigenvalue weighted by molar-refractivity contribution is 7.90. The van der Waals surface area contributed by atoms with Crippen molar-refractivity contribution >= 4 is 28.6 Å². The van der Waals surface area contributed by atoms with Crippen LogP contribution in [0.25, 0.3) is 0 Å². The molecule has 0 spiro atoms. The van der Waals surface area contributed by atoms with Gasteiger partial charge in [-0.1, -0.05) is 6.07 Å². The molecule has 160 valence electrons. The molecule has 1 aromatic carbocycles. The number of alkyl halides is 2. The van der Waals surface area contributed by atoms with Crippen molar-refractivity contribution in [3.8, 4) is 0 Å². The molecule has 1 aliphatic carbocycles. The van der Waals surface area contributed by atoms with Gasteiger partial charge in [0.25, 0.3) is 5.91 Å². The summed E-state index contributed by atoms with van der Waals surface area (Å²) in [5.41, 5.74) is 2.96. The Kier molecular flexibility index (Phi) is 5.97. The van der Waals surface area contributed by atoms with Crippen LogP contribution < -0.4 is 10.2 Å². The van der Waals surface area contributed by atoms with Crippen LogP contribution in [0.3, 0.4) is 0 Å². The Morgan fingerprint density at radius 2 is 2.03 bits per heavy atom. The van der Waals surface area contributed by atoms with Crippen molar-refractivity contribution in [3.05, 3.63) is 47.2 Å². The molecule has 1 fully saturated rings. The van der Waals surface area contributed by atoms with E-state index >= 15 is 0 Å². The van der Waals surface area contributed by atoms with Gasteiger partial charge in [-0.15, -0.1) is 0 Å². The van der Waals surface area contributed by atoms with E-state index in [9.17, 15) is 18.1 Å². The second-order valence-electron chi connectivity index (χ2n) is 7.95. The highest BCUT2D eigenvalue weighted by atomic mass is 32.2. The van der Waals surface area contributed by atoms with E-state index in [2.05, 4.69) is 5.32 Å². The summed E-state index contributed by atoms with van der Waals surface area (Å²) in [6.45, 7) is 0.620. The average molecular weight is 434 g/mol. The monoisotopic (exact) mass is 433 g/mol. The summed E-state index contributed by atoms with van der Waals surface area (Å²) in [5, 5.41) is 2.87. The molecule has 8 heteroatoms. The van der Waals surface area contributed by atoms with Crippen LogP contribution in [0.2, 0.25) is 0 Å². The summed E-state index contributed by atoms with van der Waals surface area (Å²) in [7, 11) is 0. The van der Waals surface area contributed by atoms with Gasteiger partial charge < -0.3 is 14.8 Å². The molecule has 2 aromatic rings. The number of rotatable bonds is 4. The molecule has 0 radical (unpaired) electrons. The minimum Gasteiger partial charge on any atom is -0.612 e. The predicted molar refractivity (Wildman–Crippen MR) is 114 cm³/mol. The van der Waals surface area contributed by atoms with Gasteiger partial charge in [-0.3, -0.25) is 4.79 Å². The molecule has 2 aliphatic rings. The first-order chi connectivity index (χ1) is 14.3. The highest BCUT2D eigenvalue weighted by Gasteiger charge is 2.33. The van der Waals surface area contributed by atoms with E-state index < -0.39 is 17.1 Å². The molecule has 4 rings (SSSR count). The van der Waals surface area contributed by atoms with Crippen LogP contribution in [0.5, 0.6) is 0 Å². The van der Waals surface area contributed by atoms with Gasteiger partial charge in [0.2, 0.25) is 5.92 Å². The lowest BCUT2D eigenvalue weighted by molar-refractivity contribution is -0.0102. The molecule has 1 atom stereocenters. The number of hydrogen-bond donors (Lipinski definition) is 1. The first-order valence-corrected chi connectivity index (χ1v) is 11.8. The van der Waals surface area contributed by atoms with Crippen LogP contribution in [0.1, 0.15) is 47.3 Å². The van der Waals surface area contributed by atoms with Crippen molar-refractivity contribution in [2.45, 2.75) is 49.3 Å². The average Bonchev–Trinajstić information content (AvgIpc) is 3.09. The third kappa shape index (κ3) is 4.59. The Hall–Kier alpha value is -2.19. The Morgan fingerprint density at radius 1 is 1.20 bits per heavy atom. The summed E-state index contributed by atoms with van der Waals surface area (Å²) in [5.74, 6) is -2.52.